The molecule has 0 radical (unpaired) electrons. The Morgan fingerprint density at radius 1 is 0.875 bits per heavy atom. The van der Waals surface area contributed by atoms with Gasteiger partial charge in [-0.05, 0) is 62.9 Å². The summed E-state index contributed by atoms with van der Waals surface area (Å²) in [4.78, 5) is 2.51. The van der Waals surface area contributed by atoms with Crippen LogP contribution in [-0.4, -0.2) is 24.5 Å². The Morgan fingerprint density at radius 2 is 1.50 bits per heavy atom. The third-order valence-corrected chi connectivity index (χ3v) is 5.28. The van der Waals surface area contributed by atoms with Crippen molar-refractivity contribution in [3.05, 3.63) is 71.8 Å². The molecule has 1 saturated heterocycles. The molecule has 1 unspecified atom stereocenters. The molecule has 2 aromatic rings. The van der Waals surface area contributed by atoms with E-state index in [9.17, 15) is 5.26 Å². The van der Waals surface area contributed by atoms with Gasteiger partial charge in [-0.25, -0.2) is 0 Å². The highest BCUT2D eigenvalue weighted by molar-refractivity contribution is 5.33. The lowest BCUT2D eigenvalue weighted by Crippen LogP contribution is -2.32. The van der Waals surface area contributed by atoms with Gasteiger partial charge in [0.25, 0.3) is 0 Å². The quantitative estimate of drug-likeness (QED) is 0.748. The van der Waals surface area contributed by atoms with Gasteiger partial charge >= 0.3 is 0 Å². The summed E-state index contributed by atoms with van der Waals surface area (Å²) in [5.41, 5.74) is 2.09. The maximum atomic E-state index is 10.1. The van der Waals surface area contributed by atoms with Crippen molar-refractivity contribution in [2.24, 2.45) is 0 Å². The van der Waals surface area contributed by atoms with Crippen molar-refractivity contribution in [2.45, 2.75) is 37.5 Å². The third kappa shape index (κ3) is 4.04. The van der Waals surface area contributed by atoms with Crippen LogP contribution in [0.15, 0.2) is 60.7 Å². The van der Waals surface area contributed by atoms with Crippen molar-refractivity contribution in [3.8, 4) is 6.07 Å². The highest BCUT2D eigenvalue weighted by atomic mass is 15.1. The number of likely N-dealkylation sites (tertiary alicyclic amines) is 1. The lowest BCUT2D eigenvalue weighted by Gasteiger charge is -2.29. The minimum Gasteiger partial charge on any atom is -0.303 e. The summed E-state index contributed by atoms with van der Waals surface area (Å²) in [6.45, 7) is 3.40. The van der Waals surface area contributed by atoms with E-state index < -0.39 is 0 Å². The Kier molecular flexibility index (Phi) is 5.67. The Morgan fingerprint density at radius 3 is 2.12 bits per heavy atom. The Bertz CT molecular complexity index is 653. The van der Waals surface area contributed by atoms with Crippen LogP contribution >= 0.6 is 0 Å². The molecule has 1 fully saturated rings. The first-order valence-corrected chi connectivity index (χ1v) is 9.05. The fourth-order valence-electron chi connectivity index (χ4n) is 3.70. The molecule has 0 aliphatic carbocycles. The van der Waals surface area contributed by atoms with Crippen molar-refractivity contribution in [3.63, 3.8) is 0 Å². The van der Waals surface area contributed by atoms with E-state index >= 15 is 0 Å². The van der Waals surface area contributed by atoms with E-state index in [0.717, 1.165) is 25.8 Å². The molecule has 1 aliphatic heterocycles. The van der Waals surface area contributed by atoms with Crippen LogP contribution in [0.5, 0.6) is 0 Å². The van der Waals surface area contributed by atoms with Crippen molar-refractivity contribution in [1.82, 2.24) is 4.90 Å². The highest BCUT2D eigenvalue weighted by Gasteiger charge is 2.32. The van der Waals surface area contributed by atoms with Gasteiger partial charge in [-0.1, -0.05) is 60.7 Å². The zero-order valence-electron chi connectivity index (χ0n) is 14.3. The van der Waals surface area contributed by atoms with Gasteiger partial charge in [-0.3, -0.25) is 0 Å². The van der Waals surface area contributed by atoms with Crippen molar-refractivity contribution < 1.29 is 0 Å². The highest BCUT2D eigenvalue weighted by Crippen LogP contribution is 2.33. The van der Waals surface area contributed by atoms with Crippen LogP contribution < -0.4 is 0 Å². The largest absolute Gasteiger partial charge is 0.303 e. The average Bonchev–Trinajstić information content (AvgIpc) is 3.18. The lowest BCUT2D eigenvalue weighted by atomic mass is 9.74. The standard InChI is InChI=1S/C22H26N2/c23-19-22(21-11-5-2-6-12-21,15-18-24-16-7-8-17-24)14-13-20-9-3-1-4-10-20/h1-6,9-12H,7-8,13-18H2. The molecule has 0 bridgehead atoms. The summed E-state index contributed by atoms with van der Waals surface area (Å²) >= 11 is 0. The van der Waals surface area contributed by atoms with E-state index in [1.54, 1.807) is 0 Å². The average molecular weight is 318 g/mol. The summed E-state index contributed by atoms with van der Waals surface area (Å²) in [5.74, 6) is 0. The molecule has 2 nitrogen and oxygen atoms in total. The molecule has 2 heteroatoms. The van der Waals surface area contributed by atoms with Gasteiger partial charge in [0.05, 0.1) is 11.5 Å². The fourth-order valence-corrected chi connectivity index (χ4v) is 3.70. The topological polar surface area (TPSA) is 27.0 Å². The molecule has 0 saturated carbocycles. The monoisotopic (exact) mass is 318 g/mol. The molecular weight excluding hydrogens is 292 g/mol. The van der Waals surface area contributed by atoms with E-state index in [1.165, 1.54) is 37.1 Å². The van der Waals surface area contributed by atoms with Gasteiger partial charge in [0.15, 0.2) is 0 Å². The van der Waals surface area contributed by atoms with E-state index in [-0.39, 0.29) is 5.41 Å². The molecule has 0 N–H and O–H groups in total. The molecule has 1 atom stereocenters. The molecule has 0 amide bonds. The summed E-state index contributed by atoms with van der Waals surface area (Å²) in [6.07, 6.45) is 5.35. The van der Waals surface area contributed by atoms with Gasteiger partial charge < -0.3 is 4.90 Å². The first kappa shape index (κ1) is 16.7. The van der Waals surface area contributed by atoms with Gasteiger partial charge in [0.1, 0.15) is 0 Å². The summed E-state index contributed by atoms with van der Waals surface area (Å²) in [6, 6.07) is 23.6. The summed E-state index contributed by atoms with van der Waals surface area (Å²) < 4.78 is 0. The Hall–Kier alpha value is -2.11. The molecule has 3 rings (SSSR count). The normalized spacial score (nSPS) is 17.3. The van der Waals surface area contributed by atoms with Crippen molar-refractivity contribution >= 4 is 0 Å². The zero-order valence-corrected chi connectivity index (χ0v) is 14.3. The van der Waals surface area contributed by atoms with E-state index in [4.69, 9.17) is 0 Å². The van der Waals surface area contributed by atoms with Crippen LogP contribution in [0.25, 0.3) is 0 Å². The minimum absolute atomic E-state index is 0.389. The zero-order chi connectivity index (χ0) is 16.7. The van der Waals surface area contributed by atoms with Crippen molar-refractivity contribution in [2.75, 3.05) is 19.6 Å². The predicted octanol–water partition coefficient (Wildman–Crippen LogP) is 4.57. The second-order valence-corrected chi connectivity index (χ2v) is 6.84. The van der Waals surface area contributed by atoms with Crippen LogP contribution in [0.2, 0.25) is 0 Å². The summed E-state index contributed by atoms with van der Waals surface area (Å²) in [5, 5.41) is 10.1. The number of hydrogen-bond donors (Lipinski definition) is 0. The van der Waals surface area contributed by atoms with Crippen molar-refractivity contribution in [1.29, 1.82) is 5.26 Å². The smallest absolute Gasteiger partial charge is 0.0837 e. The Labute approximate surface area is 145 Å². The SMILES string of the molecule is N#CC(CCc1ccccc1)(CCN1CCCC1)c1ccccc1. The molecule has 1 heterocycles. The molecule has 1 aliphatic rings. The molecule has 0 aromatic heterocycles. The molecule has 124 valence electrons. The molecular formula is C22H26N2. The van der Waals surface area contributed by atoms with E-state index in [1.807, 2.05) is 12.1 Å². The molecule has 2 aromatic carbocycles. The van der Waals surface area contributed by atoms with E-state index in [0.29, 0.717) is 0 Å². The maximum Gasteiger partial charge on any atom is 0.0837 e. The predicted molar refractivity (Wildman–Crippen MR) is 98.8 cm³/mol. The van der Waals surface area contributed by atoms with Crippen LogP contribution in [0.3, 0.4) is 0 Å². The minimum atomic E-state index is -0.389. The third-order valence-electron chi connectivity index (χ3n) is 5.28. The number of benzene rings is 2. The second-order valence-electron chi connectivity index (χ2n) is 6.84. The number of hydrogen-bond acceptors (Lipinski definition) is 2. The number of rotatable bonds is 7. The van der Waals surface area contributed by atoms with Gasteiger partial charge in [-0.15, -0.1) is 0 Å². The maximum absolute atomic E-state index is 10.1. The Balaban J connectivity index is 1.77. The van der Waals surface area contributed by atoms with Crippen LogP contribution in [0.4, 0.5) is 0 Å². The lowest BCUT2D eigenvalue weighted by molar-refractivity contribution is 0.297. The second kappa shape index (κ2) is 8.13. The van der Waals surface area contributed by atoms with Gasteiger partial charge in [-0.2, -0.15) is 5.26 Å². The molecule has 0 spiro atoms. The first-order valence-electron chi connectivity index (χ1n) is 9.05. The van der Waals surface area contributed by atoms with E-state index in [2.05, 4.69) is 59.5 Å². The van der Waals surface area contributed by atoms with Gasteiger partial charge in [0, 0.05) is 0 Å². The first-order chi connectivity index (χ1) is 11.8. The van der Waals surface area contributed by atoms with Crippen LogP contribution in [0.1, 0.15) is 36.8 Å². The fraction of sp³-hybridized carbons (Fsp3) is 0.409. The van der Waals surface area contributed by atoms with Crippen LogP contribution in [-0.2, 0) is 11.8 Å². The number of nitriles is 1. The van der Waals surface area contributed by atoms with Gasteiger partial charge in [0.2, 0.25) is 0 Å². The molecule has 24 heavy (non-hydrogen) atoms. The number of nitrogens with zero attached hydrogens (tertiary/aromatic N) is 2. The number of aryl methyl sites for hydroxylation is 1. The van der Waals surface area contributed by atoms with Crippen LogP contribution in [0, 0.1) is 11.3 Å². The summed E-state index contributed by atoms with van der Waals surface area (Å²) in [7, 11) is 0.